The third-order valence-corrected chi connectivity index (χ3v) is 3.62. The van der Waals surface area contributed by atoms with Crippen LogP contribution in [0, 0.1) is 0 Å². The van der Waals surface area contributed by atoms with Gasteiger partial charge < -0.3 is 20.4 Å². The largest absolute Gasteiger partial charge is 0.379 e. The van der Waals surface area contributed by atoms with Crippen LogP contribution in [0.4, 0.5) is 0 Å². The molecule has 1 aromatic carbocycles. The normalized spacial score (nSPS) is 11.0. The highest BCUT2D eigenvalue weighted by atomic mass is 16.5. The van der Waals surface area contributed by atoms with Crippen molar-refractivity contribution in [3.8, 4) is 0 Å². The number of hydrogen-bond donors (Lipinski definition) is 3. The van der Waals surface area contributed by atoms with E-state index in [4.69, 9.17) is 4.74 Å². The Labute approximate surface area is 142 Å². The van der Waals surface area contributed by atoms with E-state index in [2.05, 4.69) is 15.6 Å². The van der Waals surface area contributed by atoms with Crippen molar-refractivity contribution >= 4 is 22.7 Å². The molecule has 0 unspecified atom stereocenters. The van der Waals surface area contributed by atoms with E-state index >= 15 is 0 Å². The Hall–Kier alpha value is -2.34. The van der Waals surface area contributed by atoms with Gasteiger partial charge in [-0.15, -0.1) is 0 Å². The molecule has 2 rings (SSSR count). The lowest BCUT2D eigenvalue weighted by Crippen LogP contribution is -2.41. The summed E-state index contributed by atoms with van der Waals surface area (Å²) in [5.41, 5.74) is 2.19. The van der Waals surface area contributed by atoms with E-state index in [-0.39, 0.29) is 6.10 Å². The second kappa shape index (κ2) is 9.08. The van der Waals surface area contributed by atoms with Crippen LogP contribution in [0.3, 0.4) is 0 Å². The Balaban J connectivity index is 1.66. The van der Waals surface area contributed by atoms with Crippen LogP contribution in [0.25, 0.3) is 10.9 Å². The third-order valence-electron chi connectivity index (χ3n) is 3.62. The topological polar surface area (TPSA) is 83.2 Å². The van der Waals surface area contributed by atoms with E-state index in [1.165, 1.54) is 0 Å². The number of rotatable bonds is 8. The molecule has 0 aliphatic carbocycles. The Bertz CT molecular complexity index is 679. The average molecular weight is 331 g/mol. The van der Waals surface area contributed by atoms with E-state index in [0.717, 1.165) is 16.5 Å². The number of H-pyrrole nitrogens is 1. The van der Waals surface area contributed by atoms with Crippen molar-refractivity contribution in [3.63, 3.8) is 0 Å². The molecule has 0 aliphatic rings. The molecule has 0 saturated heterocycles. The van der Waals surface area contributed by atoms with E-state index in [1.807, 2.05) is 44.3 Å². The van der Waals surface area contributed by atoms with Crippen LogP contribution < -0.4 is 10.6 Å². The van der Waals surface area contributed by atoms with E-state index in [0.29, 0.717) is 32.5 Å². The zero-order valence-electron chi connectivity index (χ0n) is 14.2. The highest BCUT2D eigenvalue weighted by Crippen LogP contribution is 2.17. The van der Waals surface area contributed by atoms with Gasteiger partial charge in [-0.3, -0.25) is 9.59 Å². The number of fused-ring (bicyclic) bond motifs is 1. The van der Waals surface area contributed by atoms with Gasteiger partial charge in [0.25, 0.3) is 0 Å². The zero-order valence-corrected chi connectivity index (χ0v) is 14.2. The molecule has 0 radical (unpaired) electrons. The van der Waals surface area contributed by atoms with Crippen LogP contribution >= 0.6 is 0 Å². The molecule has 6 heteroatoms. The molecular weight excluding hydrogens is 306 g/mol. The third kappa shape index (κ3) is 5.38. The average Bonchev–Trinajstić information content (AvgIpc) is 2.97. The maximum absolute atomic E-state index is 11.7. The lowest BCUT2D eigenvalue weighted by Gasteiger charge is -2.08. The maximum atomic E-state index is 11.7. The maximum Gasteiger partial charge on any atom is 0.309 e. The number of benzene rings is 1. The number of aromatic nitrogens is 1. The number of ether oxygens (including phenoxy) is 1. The van der Waals surface area contributed by atoms with Crippen molar-refractivity contribution in [3.05, 3.63) is 36.0 Å². The molecule has 0 atom stereocenters. The molecule has 0 aliphatic heterocycles. The number of carbonyl (C=O) groups is 2. The molecule has 2 aromatic rings. The first-order valence-electron chi connectivity index (χ1n) is 8.30. The minimum atomic E-state index is -0.599. The van der Waals surface area contributed by atoms with Crippen molar-refractivity contribution in [2.24, 2.45) is 0 Å². The monoisotopic (exact) mass is 331 g/mol. The summed E-state index contributed by atoms with van der Waals surface area (Å²) in [5.74, 6) is -1.20. The fourth-order valence-electron chi connectivity index (χ4n) is 2.40. The molecular formula is C18H25N3O3. The fourth-order valence-corrected chi connectivity index (χ4v) is 2.40. The molecule has 6 nitrogen and oxygen atoms in total. The minimum absolute atomic E-state index is 0.175. The van der Waals surface area contributed by atoms with Gasteiger partial charge in [-0.05, 0) is 38.3 Å². The van der Waals surface area contributed by atoms with Gasteiger partial charge in [0.05, 0.1) is 6.10 Å². The molecule has 130 valence electrons. The van der Waals surface area contributed by atoms with Crippen LogP contribution in [0.2, 0.25) is 0 Å². The van der Waals surface area contributed by atoms with Crippen LogP contribution in [0.1, 0.15) is 25.8 Å². The highest BCUT2D eigenvalue weighted by molar-refractivity contribution is 6.35. The molecule has 2 amide bonds. The second-order valence-electron chi connectivity index (χ2n) is 5.89. The van der Waals surface area contributed by atoms with Crippen LogP contribution in [-0.2, 0) is 20.7 Å². The van der Waals surface area contributed by atoms with Crippen molar-refractivity contribution in [1.29, 1.82) is 0 Å². The first-order valence-corrected chi connectivity index (χ1v) is 8.30. The summed E-state index contributed by atoms with van der Waals surface area (Å²) >= 11 is 0. The summed E-state index contributed by atoms with van der Waals surface area (Å²) in [5, 5.41) is 6.38. The first-order chi connectivity index (χ1) is 11.6. The summed E-state index contributed by atoms with van der Waals surface area (Å²) in [6.45, 7) is 5.34. The standard InChI is InChI=1S/C18H25N3O3/c1-13(2)24-11-5-9-19-17(22)18(23)20-10-8-14-12-21-16-7-4-3-6-15(14)16/h3-4,6-7,12-13,21H,5,8-11H2,1-2H3,(H,19,22)(H,20,23). The van der Waals surface area contributed by atoms with Gasteiger partial charge in [-0.1, -0.05) is 18.2 Å². The smallest absolute Gasteiger partial charge is 0.309 e. The van der Waals surface area contributed by atoms with Crippen LogP contribution in [0.15, 0.2) is 30.5 Å². The fraction of sp³-hybridized carbons (Fsp3) is 0.444. The molecule has 0 saturated carbocycles. The number of para-hydroxylation sites is 1. The zero-order chi connectivity index (χ0) is 17.4. The van der Waals surface area contributed by atoms with E-state index in [1.54, 1.807) is 0 Å². The van der Waals surface area contributed by atoms with Gasteiger partial charge in [0.2, 0.25) is 0 Å². The van der Waals surface area contributed by atoms with Crippen LogP contribution in [0.5, 0.6) is 0 Å². The molecule has 1 heterocycles. The minimum Gasteiger partial charge on any atom is -0.379 e. The Kier molecular flexibility index (Phi) is 6.81. The second-order valence-corrected chi connectivity index (χ2v) is 5.89. The molecule has 3 N–H and O–H groups in total. The molecule has 24 heavy (non-hydrogen) atoms. The van der Waals surface area contributed by atoms with E-state index < -0.39 is 11.8 Å². The summed E-state index contributed by atoms with van der Waals surface area (Å²) in [6, 6.07) is 8.00. The van der Waals surface area contributed by atoms with Gasteiger partial charge >= 0.3 is 11.8 Å². The van der Waals surface area contributed by atoms with Crippen molar-refractivity contribution < 1.29 is 14.3 Å². The lowest BCUT2D eigenvalue weighted by molar-refractivity contribution is -0.139. The van der Waals surface area contributed by atoms with Crippen molar-refractivity contribution in [2.75, 3.05) is 19.7 Å². The summed E-state index contributed by atoms with van der Waals surface area (Å²) in [7, 11) is 0. The van der Waals surface area contributed by atoms with Gasteiger partial charge in [-0.25, -0.2) is 0 Å². The molecule has 0 fully saturated rings. The number of aromatic amines is 1. The van der Waals surface area contributed by atoms with Crippen molar-refractivity contribution in [2.45, 2.75) is 32.8 Å². The number of amides is 2. The SMILES string of the molecule is CC(C)OCCCNC(=O)C(=O)NCCc1c[nH]c2ccccc12. The van der Waals surface area contributed by atoms with Gasteiger partial charge in [0.1, 0.15) is 0 Å². The number of hydrogen-bond acceptors (Lipinski definition) is 3. The Morgan fingerprint density at radius 3 is 2.58 bits per heavy atom. The van der Waals surface area contributed by atoms with Crippen molar-refractivity contribution in [1.82, 2.24) is 15.6 Å². The Morgan fingerprint density at radius 2 is 1.83 bits per heavy atom. The molecule has 0 spiro atoms. The lowest BCUT2D eigenvalue weighted by atomic mass is 10.1. The molecule has 0 bridgehead atoms. The summed E-state index contributed by atoms with van der Waals surface area (Å²) in [6.07, 6.45) is 3.47. The quantitative estimate of drug-likeness (QED) is 0.509. The first kappa shape index (κ1) is 18.0. The van der Waals surface area contributed by atoms with Crippen LogP contribution in [-0.4, -0.2) is 42.6 Å². The number of carbonyl (C=O) groups excluding carboxylic acids is 2. The summed E-state index contributed by atoms with van der Waals surface area (Å²) in [4.78, 5) is 26.6. The van der Waals surface area contributed by atoms with Gasteiger partial charge in [0, 0.05) is 36.8 Å². The van der Waals surface area contributed by atoms with E-state index in [9.17, 15) is 9.59 Å². The van der Waals surface area contributed by atoms with Gasteiger partial charge in [-0.2, -0.15) is 0 Å². The number of nitrogens with one attached hydrogen (secondary N) is 3. The van der Waals surface area contributed by atoms with Gasteiger partial charge in [0.15, 0.2) is 0 Å². The highest BCUT2D eigenvalue weighted by Gasteiger charge is 2.12. The molecule has 1 aromatic heterocycles. The predicted octanol–water partition coefficient (Wildman–Crippen LogP) is 1.76. The predicted molar refractivity (Wildman–Crippen MR) is 93.7 cm³/mol. The summed E-state index contributed by atoms with van der Waals surface area (Å²) < 4.78 is 5.37. The Morgan fingerprint density at radius 1 is 1.12 bits per heavy atom.